The second-order valence-electron chi connectivity index (χ2n) is 7.79. The van der Waals surface area contributed by atoms with Crippen LogP contribution in [0.15, 0.2) is 66.5 Å². The Bertz CT molecular complexity index is 1270. The lowest BCUT2D eigenvalue weighted by Crippen LogP contribution is -2.30. The number of hydrogen-bond acceptors (Lipinski definition) is 5. The molecule has 1 aromatic heterocycles. The number of aliphatic hydroxyl groups is 1. The summed E-state index contributed by atoms with van der Waals surface area (Å²) in [6.45, 7) is 6.08. The van der Waals surface area contributed by atoms with Crippen LogP contribution < -0.4 is 9.64 Å². The van der Waals surface area contributed by atoms with Crippen molar-refractivity contribution >= 4 is 34.7 Å². The van der Waals surface area contributed by atoms with Crippen molar-refractivity contribution in [2.75, 3.05) is 11.5 Å². The molecule has 1 atom stereocenters. The molecule has 2 heterocycles. The van der Waals surface area contributed by atoms with E-state index >= 15 is 0 Å². The summed E-state index contributed by atoms with van der Waals surface area (Å²) in [6, 6.07) is 12.9. The number of carbonyl (C=O) groups excluding carboxylic acids is 2. The van der Waals surface area contributed by atoms with Crippen LogP contribution in [-0.2, 0) is 9.59 Å². The Morgan fingerprint density at radius 1 is 1.06 bits per heavy atom. The Morgan fingerprint density at radius 2 is 1.79 bits per heavy atom. The summed E-state index contributed by atoms with van der Waals surface area (Å²) in [4.78, 5) is 31.9. The second kappa shape index (κ2) is 9.08. The Hall–Kier alpha value is -3.64. The molecular formula is C26H23ClN2O4. The number of carbonyl (C=O) groups is 2. The number of benzene rings is 2. The highest BCUT2D eigenvalue weighted by atomic mass is 35.5. The van der Waals surface area contributed by atoms with Crippen molar-refractivity contribution in [3.63, 3.8) is 0 Å². The Kier molecular flexibility index (Phi) is 6.20. The van der Waals surface area contributed by atoms with Gasteiger partial charge in [-0.25, -0.2) is 0 Å². The minimum atomic E-state index is -0.820. The summed E-state index contributed by atoms with van der Waals surface area (Å²) in [6.07, 6.45) is 3.18. The van der Waals surface area contributed by atoms with E-state index in [1.807, 2.05) is 20.8 Å². The fraction of sp³-hybridized carbons (Fsp3) is 0.192. The maximum atomic E-state index is 13.2. The summed E-state index contributed by atoms with van der Waals surface area (Å²) >= 11 is 6.11. The summed E-state index contributed by atoms with van der Waals surface area (Å²) in [5, 5.41) is 11.8. The van der Waals surface area contributed by atoms with Gasteiger partial charge in [-0.15, -0.1) is 0 Å². The minimum Gasteiger partial charge on any atom is -0.507 e. The normalized spacial score (nSPS) is 17.5. The van der Waals surface area contributed by atoms with Crippen molar-refractivity contribution in [1.29, 1.82) is 0 Å². The van der Waals surface area contributed by atoms with E-state index in [9.17, 15) is 14.7 Å². The topological polar surface area (TPSA) is 79.7 Å². The van der Waals surface area contributed by atoms with Crippen LogP contribution >= 0.6 is 11.6 Å². The van der Waals surface area contributed by atoms with Crippen LogP contribution in [-0.4, -0.2) is 28.4 Å². The predicted molar refractivity (Wildman–Crippen MR) is 128 cm³/mol. The highest BCUT2D eigenvalue weighted by Gasteiger charge is 2.47. The largest absolute Gasteiger partial charge is 0.507 e. The van der Waals surface area contributed by atoms with Crippen molar-refractivity contribution < 1.29 is 19.4 Å². The van der Waals surface area contributed by atoms with Gasteiger partial charge >= 0.3 is 0 Å². The number of aliphatic hydroxyl groups excluding tert-OH is 1. The molecule has 1 amide bonds. The minimum absolute atomic E-state index is 0.0177. The monoisotopic (exact) mass is 462 g/mol. The van der Waals surface area contributed by atoms with Crippen LogP contribution in [0.25, 0.3) is 5.76 Å². The maximum absolute atomic E-state index is 13.2. The van der Waals surface area contributed by atoms with Crippen LogP contribution in [0.3, 0.4) is 0 Å². The number of amides is 1. The number of hydrogen-bond donors (Lipinski definition) is 1. The summed E-state index contributed by atoms with van der Waals surface area (Å²) in [5.74, 6) is -1.02. The number of aromatic nitrogens is 1. The van der Waals surface area contributed by atoms with Gasteiger partial charge in [-0.3, -0.25) is 19.5 Å². The zero-order valence-corrected chi connectivity index (χ0v) is 19.3. The zero-order valence-electron chi connectivity index (χ0n) is 18.5. The molecule has 0 bridgehead atoms. The first-order chi connectivity index (χ1) is 15.8. The molecule has 168 valence electrons. The van der Waals surface area contributed by atoms with E-state index in [1.54, 1.807) is 60.9 Å². The standard InChI is InChI=1S/C26H23ClN2O4/c1-4-33-21-8-5-18(13-16(21)3)24(30)22-23(17-9-11-28-12-10-17)29(26(32)25(22)31)20-7-6-19(27)14-15(20)2/h5-14,23,30H,4H2,1-3H3/b24-22+. The number of pyridine rings is 1. The van der Waals surface area contributed by atoms with E-state index in [0.29, 0.717) is 34.2 Å². The first-order valence-corrected chi connectivity index (χ1v) is 10.9. The van der Waals surface area contributed by atoms with Gasteiger partial charge in [0.15, 0.2) is 0 Å². The molecule has 6 nitrogen and oxygen atoms in total. The summed E-state index contributed by atoms with van der Waals surface area (Å²) in [7, 11) is 0. The van der Waals surface area contributed by atoms with E-state index < -0.39 is 17.7 Å². The third-order valence-corrected chi connectivity index (χ3v) is 5.87. The third kappa shape index (κ3) is 4.10. The van der Waals surface area contributed by atoms with Gasteiger partial charge in [0, 0.05) is 28.7 Å². The predicted octanol–water partition coefficient (Wildman–Crippen LogP) is 5.38. The smallest absolute Gasteiger partial charge is 0.300 e. The lowest BCUT2D eigenvalue weighted by atomic mass is 9.95. The van der Waals surface area contributed by atoms with Gasteiger partial charge in [0.2, 0.25) is 0 Å². The van der Waals surface area contributed by atoms with E-state index in [1.165, 1.54) is 4.90 Å². The number of aryl methyl sites for hydroxylation is 2. The fourth-order valence-corrected chi connectivity index (χ4v) is 4.33. The molecule has 0 aliphatic carbocycles. The third-order valence-electron chi connectivity index (χ3n) is 5.63. The van der Waals surface area contributed by atoms with Gasteiger partial charge in [0.05, 0.1) is 18.2 Å². The fourth-order valence-electron chi connectivity index (χ4n) is 4.10. The van der Waals surface area contributed by atoms with Crippen molar-refractivity contribution in [1.82, 2.24) is 4.98 Å². The number of rotatable bonds is 5. The first-order valence-electron chi connectivity index (χ1n) is 10.5. The van der Waals surface area contributed by atoms with Crippen LogP contribution in [0.1, 0.15) is 35.2 Å². The molecule has 7 heteroatoms. The number of nitrogens with zero attached hydrogens (tertiary/aromatic N) is 2. The van der Waals surface area contributed by atoms with Gasteiger partial charge in [0.1, 0.15) is 11.5 Å². The number of ketones is 1. The molecular weight excluding hydrogens is 440 g/mol. The molecule has 3 aromatic rings. The molecule has 1 aliphatic heterocycles. The zero-order chi connectivity index (χ0) is 23.7. The Balaban J connectivity index is 1.92. The average Bonchev–Trinajstić information content (AvgIpc) is 3.06. The van der Waals surface area contributed by atoms with E-state index in [0.717, 1.165) is 11.1 Å². The Morgan fingerprint density at radius 3 is 2.42 bits per heavy atom. The number of halogens is 1. The van der Waals surface area contributed by atoms with Crippen molar-refractivity contribution in [2.24, 2.45) is 0 Å². The van der Waals surface area contributed by atoms with Gasteiger partial charge < -0.3 is 9.84 Å². The number of ether oxygens (including phenoxy) is 1. The summed E-state index contributed by atoms with van der Waals surface area (Å²) in [5.41, 5.74) is 3.20. The second-order valence-corrected chi connectivity index (χ2v) is 8.23. The highest BCUT2D eigenvalue weighted by Crippen LogP contribution is 2.43. The quantitative estimate of drug-likeness (QED) is 0.313. The SMILES string of the molecule is CCOc1ccc(/C(O)=C2\C(=O)C(=O)N(c3ccc(Cl)cc3C)C2c2ccncc2)cc1C. The molecule has 0 spiro atoms. The van der Waals surface area contributed by atoms with Crippen LogP contribution in [0.5, 0.6) is 5.75 Å². The number of Topliss-reactive ketones (excluding diaryl/α,β-unsaturated/α-hetero) is 1. The molecule has 0 radical (unpaired) electrons. The van der Waals surface area contributed by atoms with Crippen molar-refractivity contribution in [3.8, 4) is 5.75 Å². The average molecular weight is 463 g/mol. The molecule has 0 saturated carbocycles. The lowest BCUT2D eigenvalue weighted by Gasteiger charge is -2.26. The molecule has 2 aromatic carbocycles. The van der Waals surface area contributed by atoms with E-state index in [4.69, 9.17) is 16.3 Å². The van der Waals surface area contributed by atoms with Crippen LogP contribution in [0.2, 0.25) is 5.02 Å². The molecule has 1 aliphatic rings. The maximum Gasteiger partial charge on any atom is 0.300 e. The van der Waals surface area contributed by atoms with Crippen molar-refractivity contribution in [3.05, 3.63) is 93.8 Å². The summed E-state index contributed by atoms with van der Waals surface area (Å²) < 4.78 is 5.58. The van der Waals surface area contributed by atoms with Crippen LogP contribution in [0.4, 0.5) is 5.69 Å². The molecule has 1 unspecified atom stereocenters. The van der Waals surface area contributed by atoms with E-state index in [-0.39, 0.29) is 11.3 Å². The van der Waals surface area contributed by atoms with Gasteiger partial charge in [-0.1, -0.05) is 11.6 Å². The van der Waals surface area contributed by atoms with Gasteiger partial charge in [-0.05, 0) is 86.0 Å². The highest BCUT2D eigenvalue weighted by molar-refractivity contribution is 6.51. The first kappa shape index (κ1) is 22.6. The lowest BCUT2D eigenvalue weighted by molar-refractivity contribution is -0.132. The molecule has 4 rings (SSSR count). The van der Waals surface area contributed by atoms with Crippen LogP contribution in [0, 0.1) is 13.8 Å². The molecule has 1 N–H and O–H groups in total. The number of anilines is 1. The van der Waals surface area contributed by atoms with Crippen molar-refractivity contribution in [2.45, 2.75) is 26.8 Å². The van der Waals surface area contributed by atoms with Gasteiger partial charge in [-0.2, -0.15) is 0 Å². The Labute approximate surface area is 197 Å². The molecule has 1 saturated heterocycles. The van der Waals surface area contributed by atoms with E-state index in [2.05, 4.69) is 4.98 Å². The van der Waals surface area contributed by atoms with Gasteiger partial charge in [0.25, 0.3) is 11.7 Å². The molecule has 33 heavy (non-hydrogen) atoms. The molecule has 1 fully saturated rings.